The van der Waals surface area contributed by atoms with Gasteiger partial charge >= 0.3 is 6.03 Å². The van der Waals surface area contributed by atoms with Gasteiger partial charge in [0.1, 0.15) is 0 Å². The van der Waals surface area contributed by atoms with Crippen molar-refractivity contribution in [2.45, 2.75) is 64.8 Å². The van der Waals surface area contributed by atoms with Crippen LogP contribution < -0.4 is 10.0 Å². The zero-order valence-electron chi connectivity index (χ0n) is 17.3. The van der Waals surface area contributed by atoms with Gasteiger partial charge in [0, 0.05) is 16.6 Å². The van der Waals surface area contributed by atoms with E-state index in [9.17, 15) is 13.2 Å². The van der Waals surface area contributed by atoms with Gasteiger partial charge in [0.2, 0.25) is 0 Å². The minimum Gasteiger partial charge on any atom is -0.307 e. The van der Waals surface area contributed by atoms with Crippen LogP contribution in [0, 0.1) is 0 Å². The Morgan fingerprint density at radius 2 is 1.71 bits per heavy atom. The van der Waals surface area contributed by atoms with Crippen molar-refractivity contribution in [2.24, 2.45) is 0 Å². The van der Waals surface area contributed by atoms with Gasteiger partial charge in [-0.3, -0.25) is 4.90 Å². The first-order valence-electron chi connectivity index (χ1n) is 10.0. The van der Waals surface area contributed by atoms with Gasteiger partial charge in [-0.25, -0.2) is 17.9 Å². The van der Waals surface area contributed by atoms with E-state index < -0.39 is 21.6 Å². The maximum absolute atomic E-state index is 12.5. The Morgan fingerprint density at radius 1 is 1.14 bits per heavy atom. The molecule has 7 heteroatoms. The van der Waals surface area contributed by atoms with Gasteiger partial charge in [-0.2, -0.15) is 0 Å². The van der Waals surface area contributed by atoms with E-state index in [0.717, 1.165) is 56.2 Å². The Bertz CT molecular complexity index is 872. The predicted molar refractivity (Wildman–Crippen MR) is 113 cm³/mol. The number of benzene rings is 1. The Hall–Kier alpha value is -1.86. The van der Waals surface area contributed by atoms with Crippen molar-refractivity contribution in [2.75, 3.05) is 18.9 Å². The van der Waals surface area contributed by atoms with Crippen LogP contribution in [-0.2, 0) is 35.7 Å². The van der Waals surface area contributed by atoms with Crippen molar-refractivity contribution in [1.82, 2.24) is 9.62 Å². The van der Waals surface area contributed by atoms with E-state index in [2.05, 4.69) is 16.1 Å². The lowest BCUT2D eigenvalue weighted by Crippen LogP contribution is -2.40. The number of amides is 2. The quantitative estimate of drug-likeness (QED) is 0.761. The summed E-state index contributed by atoms with van der Waals surface area (Å²) in [5.74, 6) is 0. The number of sulfonamides is 1. The predicted octanol–water partition coefficient (Wildman–Crippen LogP) is 3.36. The van der Waals surface area contributed by atoms with E-state index in [1.165, 1.54) is 22.3 Å². The van der Waals surface area contributed by atoms with Crippen LogP contribution in [0.2, 0.25) is 0 Å². The number of rotatable bonds is 6. The standard InChI is InChI=1S/C21H31N3O3S/c1-5-24(4)21(2,3)12-13-28(26,27)23-20(25)22-19-17-10-6-8-15(17)14-16-9-7-11-18(16)19/h12-14H,5-11H2,1-4H3,(H2,22,23,25)/b13-12+. The third-order valence-corrected chi connectivity index (χ3v) is 7.02. The van der Waals surface area contributed by atoms with Crippen LogP contribution in [0.25, 0.3) is 0 Å². The summed E-state index contributed by atoms with van der Waals surface area (Å²) in [5.41, 5.74) is 5.35. The number of carbonyl (C=O) groups is 1. The molecule has 2 aliphatic rings. The summed E-state index contributed by atoms with van der Waals surface area (Å²) >= 11 is 0. The Labute approximate surface area is 168 Å². The molecule has 0 spiro atoms. The molecule has 2 aliphatic carbocycles. The van der Waals surface area contributed by atoms with Crippen molar-refractivity contribution in [3.05, 3.63) is 39.8 Å². The number of hydrogen-bond donors (Lipinski definition) is 2. The molecule has 28 heavy (non-hydrogen) atoms. The van der Waals surface area contributed by atoms with E-state index in [0.29, 0.717) is 0 Å². The molecule has 0 radical (unpaired) electrons. The summed E-state index contributed by atoms with van der Waals surface area (Å²) in [6.45, 7) is 6.65. The van der Waals surface area contributed by atoms with Crippen molar-refractivity contribution in [3.63, 3.8) is 0 Å². The molecule has 2 amide bonds. The number of aryl methyl sites for hydroxylation is 2. The number of anilines is 1. The van der Waals surface area contributed by atoms with Gasteiger partial charge in [0.25, 0.3) is 10.0 Å². The minimum atomic E-state index is -3.87. The van der Waals surface area contributed by atoms with Gasteiger partial charge in [0.05, 0.1) is 0 Å². The fraction of sp³-hybridized carbons (Fsp3) is 0.571. The van der Waals surface area contributed by atoms with Gasteiger partial charge < -0.3 is 5.32 Å². The highest BCUT2D eigenvalue weighted by molar-refractivity contribution is 7.92. The van der Waals surface area contributed by atoms with Crippen LogP contribution in [0.3, 0.4) is 0 Å². The van der Waals surface area contributed by atoms with Crippen LogP contribution in [-0.4, -0.2) is 38.5 Å². The summed E-state index contributed by atoms with van der Waals surface area (Å²) in [7, 11) is -1.95. The second-order valence-corrected chi connectivity index (χ2v) is 9.87. The highest BCUT2D eigenvalue weighted by atomic mass is 32.2. The van der Waals surface area contributed by atoms with Crippen LogP contribution in [0.15, 0.2) is 17.6 Å². The molecule has 6 nitrogen and oxygen atoms in total. The SMILES string of the molecule is CCN(C)C(C)(C)/C=C/S(=O)(=O)NC(=O)Nc1c2c(cc3c1CCC3)CCC2. The minimum absolute atomic E-state index is 0.430. The smallest absolute Gasteiger partial charge is 0.307 e. The lowest BCUT2D eigenvalue weighted by molar-refractivity contribution is 0.215. The fourth-order valence-corrected chi connectivity index (χ4v) is 4.95. The normalized spacial score (nSPS) is 16.5. The van der Waals surface area contributed by atoms with Gasteiger partial charge in [-0.05, 0) is 88.2 Å². The van der Waals surface area contributed by atoms with E-state index >= 15 is 0 Å². The highest BCUT2D eigenvalue weighted by Gasteiger charge is 2.26. The van der Waals surface area contributed by atoms with Crippen molar-refractivity contribution >= 4 is 21.7 Å². The lowest BCUT2D eigenvalue weighted by Gasteiger charge is -2.31. The molecular weight excluding hydrogens is 374 g/mol. The zero-order valence-corrected chi connectivity index (χ0v) is 18.1. The van der Waals surface area contributed by atoms with E-state index in [4.69, 9.17) is 0 Å². The third kappa shape index (κ3) is 4.41. The number of urea groups is 1. The first-order chi connectivity index (χ1) is 13.1. The van der Waals surface area contributed by atoms with Gasteiger partial charge in [-0.15, -0.1) is 0 Å². The first kappa shape index (κ1) is 20.9. The molecule has 0 heterocycles. The Kier molecular flexibility index (Phi) is 5.87. The third-order valence-electron chi connectivity index (χ3n) is 6.06. The first-order valence-corrected chi connectivity index (χ1v) is 11.6. The Balaban J connectivity index is 1.75. The van der Waals surface area contributed by atoms with E-state index in [-0.39, 0.29) is 0 Å². The molecule has 154 valence electrons. The summed E-state index contributed by atoms with van der Waals surface area (Å²) in [5, 5.41) is 3.94. The van der Waals surface area contributed by atoms with E-state index in [1.807, 2.05) is 32.7 Å². The number of carbonyl (C=O) groups excluding carboxylic acids is 1. The molecule has 0 saturated carbocycles. The zero-order chi connectivity index (χ0) is 20.5. The number of hydrogen-bond acceptors (Lipinski definition) is 4. The second kappa shape index (κ2) is 7.87. The molecule has 0 atom stereocenters. The topological polar surface area (TPSA) is 78.5 Å². The maximum Gasteiger partial charge on any atom is 0.333 e. The molecule has 0 saturated heterocycles. The molecule has 2 N–H and O–H groups in total. The van der Waals surface area contributed by atoms with E-state index in [1.54, 1.807) is 6.08 Å². The van der Waals surface area contributed by atoms with Crippen molar-refractivity contribution < 1.29 is 13.2 Å². The molecule has 1 aromatic carbocycles. The van der Waals surface area contributed by atoms with Crippen LogP contribution in [0.5, 0.6) is 0 Å². The second-order valence-electron chi connectivity index (χ2n) is 8.31. The summed E-state index contributed by atoms with van der Waals surface area (Å²) in [6, 6.07) is 1.58. The number of fused-ring (bicyclic) bond motifs is 2. The van der Waals surface area contributed by atoms with Crippen molar-refractivity contribution in [1.29, 1.82) is 0 Å². The number of nitrogens with one attached hydrogen (secondary N) is 2. The monoisotopic (exact) mass is 405 g/mol. The molecule has 0 bridgehead atoms. The number of likely N-dealkylation sites (N-methyl/N-ethyl adjacent to an activating group) is 1. The van der Waals surface area contributed by atoms with Gasteiger partial charge in [-0.1, -0.05) is 19.1 Å². The number of nitrogens with zero attached hydrogens (tertiary/aromatic N) is 1. The van der Waals surface area contributed by atoms with Crippen molar-refractivity contribution in [3.8, 4) is 0 Å². The van der Waals surface area contributed by atoms with Gasteiger partial charge in [0.15, 0.2) is 0 Å². The summed E-state index contributed by atoms with van der Waals surface area (Å²) in [6.07, 6.45) is 7.68. The average Bonchev–Trinajstić information content (AvgIpc) is 3.27. The summed E-state index contributed by atoms with van der Waals surface area (Å²) < 4.78 is 26.9. The highest BCUT2D eigenvalue weighted by Crippen LogP contribution is 2.38. The van der Waals surface area contributed by atoms with Crippen LogP contribution in [0.1, 0.15) is 55.9 Å². The molecular formula is C21H31N3O3S. The molecule has 3 rings (SSSR count). The molecule has 1 aromatic rings. The summed E-state index contributed by atoms with van der Waals surface area (Å²) in [4.78, 5) is 14.5. The molecule has 0 fully saturated rings. The Morgan fingerprint density at radius 3 is 2.25 bits per heavy atom. The largest absolute Gasteiger partial charge is 0.333 e. The molecule has 0 aromatic heterocycles. The molecule has 0 unspecified atom stereocenters. The van der Waals surface area contributed by atoms with Crippen LogP contribution >= 0.6 is 0 Å². The molecule has 0 aliphatic heterocycles. The van der Waals surface area contributed by atoms with Crippen LogP contribution in [0.4, 0.5) is 10.5 Å². The maximum atomic E-state index is 12.5. The fourth-order valence-electron chi connectivity index (χ4n) is 4.06. The lowest BCUT2D eigenvalue weighted by atomic mass is 9.99. The average molecular weight is 406 g/mol.